The number of carbonyl (C=O) groups is 1. The van der Waals surface area contributed by atoms with Gasteiger partial charge in [-0.15, -0.1) is 0 Å². The number of hydrogen-bond donors (Lipinski definition) is 1. The minimum atomic E-state index is -4.94. The summed E-state index contributed by atoms with van der Waals surface area (Å²) in [5, 5.41) is 8.67. The summed E-state index contributed by atoms with van der Waals surface area (Å²) in [6, 6.07) is 4.52. The van der Waals surface area contributed by atoms with E-state index in [1.54, 1.807) is 0 Å². The van der Waals surface area contributed by atoms with Gasteiger partial charge in [0.2, 0.25) is 0 Å². The average molecular weight is 495 g/mol. The molecule has 0 aliphatic rings. The Balaban J connectivity index is 2.63. The molecule has 2 rings (SSSR count). The van der Waals surface area contributed by atoms with Crippen LogP contribution in [0.25, 0.3) is 11.1 Å². The smallest absolute Gasteiger partial charge is 0.422 e. The van der Waals surface area contributed by atoms with Crippen molar-refractivity contribution in [3.8, 4) is 16.9 Å². The van der Waals surface area contributed by atoms with Gasteiger partial charge in [0.15, 0.2) is 6.61 Å². The second-order valence-corrected chi connectivity index (χ2v) is 6.95. The third kappa shape index (κ3) is 6.94. The van der Waals surface area contributed by atoms with E-state index in [1.165, 1.54) is 0 Å². The van der Waals surface area contributed by atoms with E-state index < -0.39 is 65.3 Å². The molecule has 3 nitrogen and oxygen atoms in total. The SMILES string of the molecule is O=C(O)C(CC(F)(F)F)c1cc(OCC(F)(F)F)c(Cl)c(-c2ccc(C(F)(F)F)cc2)c1. The molecule has 0 saturated heterocycles. The number of ether oxygens (including phenoxy) is 1. The van der Waals surface area contributed by atoms with Crippen molar-refractivity contribution in [3.05, 3.63) is 52.5 Å². The Labute approximate surface area is 179 Å². The fourth-order valence-electron chi connectivity index (χ4n) is 2.71. The lowest BCUT2D eigenvalue weighted by Gasteiger charge is -2.20. The van der Waals surface area contributed by atoms with E-state index >= 15 is 0 Å². The van der Waals surface area contributed by atoms with Crippen molar-refractivity contribution >= 4 is 17.6 Å². The largest absolute Gasteiger partial charge is 0.483 e. The Hall–Kier alpha value is -2.63. The summed E-state index contributed by atoms with van der Waals surface area (Å²) >= 11 is 6.01. The van der Waals surface area contributed by atoms with Crippen LogP contribution in [0.5, 0.6) is 5.75 Å². The summed E-state index contributed by atoms with van der Waals surface area (Å²) in [5.41, 5.74) is -2.07. The van der Waals surface area contributed by atoms with Gasteiger partial charge in [0, 0.05) is 5.56 Å². The normalized spacial score (nSPS) is 13.7. The summed E-state index contributed by atoms with van der Waals surface area (Å²) in [6.45, 7) is -1.89. The van der Waals surface area contributed by atoms with Crippen molar-refractivity contribution in [1.29, 1.82) is 0 Å². The monoisotopic (exact) mass is 494 g/mol. The molecule has 0 heterocycles. The zero-order valence-electron chi connectivity index (χ0n) is 15.5. The highest BCUT2D eigenvalue weighted by Crippen LogP contribution is 2.42. The Morgan fingerprint density at radius 1 is 0.938 bits per heavy atom. The second-order valence-electron chi connectivity index (χ2n) is 6.57. The fraction of sp³-hybridized carbons (Fsp3) is 0.316. The van der Waals surface area contributed by atoms with Crippen LogP contribution >= 0.6 is 11.6 Å². The van der Waals surface area contributed by atoms with Crippen LogP contribution < -0.4 is 4.74 Å². The molecule has 0 bridgehead atoms. The first kappa shape index (κ1) is 25.6. The van der Waals surface area contributed by atoms with Crippen molar-refractivity contribution in [2.75, 3.05) is 6.61 Å². The Kier molecular flexibility index (Phi) is 7.28. The van der Waals surface area contributed by atoms with E-state index in [1.807, 2.05) is 0 Å². The molecule has 0 aliphatic heterocycles. The van der Waals surface area contributed by atoms with Gasteiger partial charge in [-0.25, -0.2) is 0 Å². The van der Waals surface area contributed by atoms with Gasteiger partial charge in [0.25, 0.3) is 0 Å². The molecule has 13 heteroatoms. The highest BCUT2D eigenvalue weighted by molar-refractivity contribution is 6.34. The molecule has 2 aromatic carbocycles. The van der Waals surface area contributed by atoms with Crippen molar-refractivity contribution in [2.45, 2.75) is 30.9 Å². The summed E-state index contributed by atoms with van der Waals surface area (Å²) in [4.78, 5) is 11.4. The molecule has 2 aromatic rings. The molecule has 0 aliphatic carbocycles. The number of aliphatic carboxylic acids is 1. The van der Waals surface area contributed by atoms with Gasteiger partial charge in [-0.3, -0.25) is 4.79 Å². The van der Waals surface area contributed by atoms with E-state index in [9.17, 15) is 49.4 Å². The van der Waals surface area contributed by atoms with Gasteiger partial charge < -0.3 is 9.84 Å². The first-order chi connectivity index (χ1) is 14.5. The minimum absolute atomic E-state index is 0.113. The van der Waals surface area contributed by atoms with Gasteiger partial charge in [0.1, 0.15) is 5.75 Å². The highest BCUT2D eigenvalue weighted by Gasteiger charge is 2.37. The molecule has 1 unspecified atom stereocenters. The fourth-order valence-corrected chi connectivity index (χ4v) is 2.99. The van der Waals surface area contributed by atoms with E-state index in [-0.39, 0.29) is 11.1 Å². The minimum Gasteiger partial charge on any atom is -0.483 e. The van der Waals surface area contributed by atoms with E-state index in [0.717, 1.165) is 18.2 Å². The lowest BCUT2D eigenvalue weighted by molar-refractivity contribution is -0.157. The molecule has 0 radical (unpaired) electrons. The molecule has 0 saturated carbocycles. The molecule has 176 valence electrons. The first-order valence-corrected chi connectivity index (χ1v) is 8.86. The molecule has 32 heavy (non-hydrogen) atoms. The van der Waals surface area contributed by atoms with Crippen LogP contribution in [-0.2, 0) is 11.0 Å². The van der Waals surface area contributed by atoms with Crippen LogP contribution in [0.3, 0.4) is 0 Å². The zero-order chi connectivity index (χ0) is 24.5. The number of alkyl halides is 9. The van der Waals surface area contributed by atoms with Crippen LogP contribution in [0.2, 0.25) is 5.02 Å². The standard InChI is InChI=1S/C19H12ClF9O3/c20-15-12(9-1-3-11(4-2-9)19(27,28)29)5-10(6-14(15)32-8-18(24,25)26)13(16(30)31)7-17(21,22)23/h1-6,13H,7-8H2,(H,30,31). The predicted octanol–water partition coefficient (Wildman–Crippen LogP) is 7.09. The summed E-state index contributed by atoms with van der Waals surface area (Å²) in [5.74, 6) is -4.93. The van der Waals surface area contributed by atoms with E-state index in [0.29, 0.717) is 18.2 Å². The number of carboxylic acid groups (broad SMARTS) is 1. The zero-order valence-corrected chi connectivity index (χ0v) is 16.3. The Bertz CT molecular complexity index is 964. The maximum atomic E-state index is 12.8. The average Bonchev–Trinajstić information content (AvgIpc) is 2.63. The summed E-state index contributed by atoms with van der Waals surface area (Å²) in [6.07, 6.45) is -16.3. The molecule has 0 aromatic heterocycles. The van der Waals surface area contributed by atoms with Gasteiger partial charge in [-0.1, -0.05) is 23.7 Å². The molecule has 1 atom stereocenters. The first-order valence-electron chi connectivity index (χ1n) is 8.48. The van der Waals surface area contributed by atoms with Gasteiger partial charge in [0.05, 0.1) is 22.9 Å². The van der Waals surface area contributed by atoms with Crippen LogP contribution in [0, 0.1) is 0 Å². The topological polar surface area (TPSA) is 46.5 Å². The number of halogens is 10. The number of hydrogen-bond acceptors (Lipinski definition) is 2. The quantitative estimate of drug-likeness (QED) is 0.436. The van der Waals surface area contributed by atoms with Gasteiger partial charge in [-0.05, 0) is 35.4 Å². The Morgan fingerprint density at radius 3 is 1.94 bits per heavy atom. The maximum Gasteiger partial charge on any atom is 0.422 e. The molecular weight excluding hydrogens is 483 g/mol. The van der Waals surface area contributed by atoms with Crippen LogP contribution in [0.15, 0.2) is 36.4 Å². The number of rotatable bonds is 6. The molecule has 0 amide bonds. The molecule has 0 fully saturated rings. The highest BCUT2D eigenvalue weighted by atomic mass is 35.5. The lowest BCUT2D eigenvalue weighted by atomic mass is 9.91. The van der Waals surface area contributed by atoms with Crippen LogP contribution in [0.4, 0.5) is 39.5 Å². The van der Waals surface area contributed by atoms with Crippen molar-refractivity contribution in [3.63, 3.8) is 0 Å². The van der Waals surface area contributed by atoms with Crippen molar-refractivity contribution in [1.82, 2.24) is 0 Å². The number of benzene rings is 2. The van der Waals surface area contributed by atoms with E-state index in [2.05, 4.69) is 4.74 Å². The molecule has 0 spiro atoms. The van der Waals surface area contributed by atoms with Gasteiger partial charge in [-0.2, -0.15) is 39.5 Å². The van der Waals surface area contributed by atoms with Crippen molar-refractivity contribution < 1.29 is 54.2 Å². The second kappa shape index (κ2) is 9.08. The molecular formula is C19H12ClF9O3. The summed E-state index contributed by atoms with van der Waals surface area (Å²) < 4.78 is 119. The summed E-state index contributed by atoms with van der Waals surface area (Å²) in [7, 11) is 0. The third-order valence-electron chi connectivity index (χ3n) is 4.11. The van der Waals surface area contributed by atoms with E-state index in [4.69, 9.17) is 11.6 Å². The van der Waals surface area contributed by atoms with Gasteiger partial charge >= 0.3 is 24.5 Å². The van der Waals surface area contributed by atoms with Crippen molar-refractivity contribution in [2.24, 2.45) is 0 Å². The van der Waals surface area contributed by atoms with Crippen LogP contribution in [0.1, 0.15) is 23.5 Å². The number of carboxylic acids is 1. The maximum absolute atomic E-state index is 12.8. The predicted molar refractivity (Wildman–Crippen MR) is 94.5 cm³/mol. The lowest BCUT2D eigenvalue weighted by Crippen LogP contribution is -2.22. The molecule has 1 N–H and O–H groups in total. The third-order valence-corrected chi connectivity index (χ3v) is 4.50. The van der Waals surface area contributed by atoms with Crippen LogP contribution in [-0.4, -0.2) is 30.0 Å². The Morgan fingerprint density at radius 2 is 1.50 bits per heavy atom.